The summed E-state index contributed by atoms with van der Waals surface area (Å²) in [7, 11) is 0. The van der Waals surface area contributed by atoms with Gasteiger partial charge in [0.1, 0.15) is 11.3 Å². The number of amides is 1. The number of rotatable bonds is 6. The molecule has 0 N–H and O–H groups in total. The minimum Gasteiger partial charge on any atom is -0.494 e. The number of aryl methyl sites for hydroxylation is 1. The first kappa shape index (κ1) is 17.5. The molecule has 2 aromatic heterocycles. The van der Waals surface area contributed by atoms with Crippen molar-refractivity contribution in [2.24, 2.45) is 0 Å². The van der Waals surface area contributed by atoms with Crippen molar-refractivity contribution >= 4 is 16.9 Å². The number of hydrogen-bond acceptors (Lipinski definition) is 4. The molecule has 3 heterocycles. The lowest BCUT2D eigenvalue weighted by atomic mass is 10.2. The highest BCUT2D eigenvalue weighted by molar-refractivity contribution is 6.05. The van der Waals surface area contributed by atoms with E-state index in [1.54, 1.807) is 6.20 Å². The lowest BCUT2D eigenvalue weighted by Gasteiger charge is -2.26. The number of nitrogens with zero attached hydrogens (tertiary/aromatic N) is 3. The molecule has 0 spiro atoms. The lowest BCUT2D eigenvalue weighted by Crippen LogP contribution is -2.40. The zero-order valence-corrected chi connectivity index (χ0v) is 15.2. The highest BCUT2D eigenvalue weighted by Gasteiger charge is 2.23. The first-order valence-electron chi connectivity index (χ1n) is 9.31. The molecule has 0 radical (unpaired) electrons. The van der Waals surface area contributed by atoms with E-state index in [2.05, 4.69) is 9.55 Å². The Hall–Kier alpha value is -2.86. The Balaban J connectivity index is 1.47. The van der Waals surface area contributed by atoms with Gasteiger partial charge in [0.2, 0.25) is 0 Å². The summed E-state index contributed by atoms with van der Waals surface area (Å²) in [4.78, 5) is 19.2. The van der Waals surface area contributed by atoms with Gasteiger partial charge in [0.25, 0.3) is 5.91 Å². The number of para-hydroxylation sites is 1. The molecule has 3 aromatic rings. The van der Waals surface area contributed by atoms with Crippen LogP contribution < -0.4 is 4.74 Å². The van der Waals surface area contributed by atoms with Gasteiger partial charge in [-0.25, -0.2) is 0 Å². The van der Waals surface area contributed by atoms with Gasteiger partial charge >= 0.3 is 0 Å². The zero-order chi connectivity index (χ0) is 18.5. The number of morpholine rings is 1. The summed E-state index contributed by atoms with van der Waals surface area (Å²) in [6.45, 7) is 3.83. The van der Waals surface area contributed by atoms with Crippen molar-refractivity contribution in [1.29, 1.82) is 0 Å². The third-order valence-electron chi connectivity index (χ3n) is 4.72. The number of carbonyl (C=O) groups is 1. The van der Waals surface area contributed by atoms with E-state index in [1.807, 2.05) is 53.6 Å². The molecule has 1 aliphatic rings. The number of aromatic nitrogens is 2. The summed E-state index contributed by atoms with van der Waals surface area (Å²) in [5, 5.41) is 0. The maximum absolute atomic E-state index is 12.9. The van der Waals surface area contributed by atoms with Crippen molar-refractivity contribution in [3.63, 3.8) is 0 Å². The Labute approximate surface area is 158 Å². The van der Waals surface area contributed by atoms with Crippen molar-refractivity contribution < 1.29 is 14.3 Å². The molecule has 1 saturated heterocycles. The first-order valence-corrected chi connectivity index (χ1v) is 9.31. The molecule has 0 atom stereocenters. The Bertz CT molecular complexity index is 901. The molecule has 4 rings (SSSR count). The van der Waals surface area contributed by atoms with Crippen molar-refractivity contribution in [1.82, 2.24) is 14.5 Å². The van der Waals surface area contributed by atoms with Crippen LogP contribution in [0.4, 0.5) is 0 Å². The van der Waals surface area contributed by atoms with Crippen LogP contribution in [0, 0.1) is 0 Å². The summed E-state index contributed by atoms with van der Waals surface area (Å²) < 4.78 is 13.2. The molecule has 140 valence electrons. The van der Waals surface area contributed by atoms with E-state index in [9.17, 15) is 4.79 Å². The van der Waals surface area contributed by atoms with Crippen LogP contribution in [-0.4, -0.2) is 53.3 Å². The third-order valence-corrected chi connectivity index (χ3v) is 4.72. The second-order valence-corrected chi connectivity index (χ2v) is 6.53. The van der Waals surface area contributed by atoms with Crippen molar-refractivity contribution in [2.75, 3.05) is 32.9 Å². The standard InChI is InChI=1S/C21H23N3O3/c25-21(23-11-14-26-15-12-23)18-16-24(19-8-4-9-22-20(18)19)10-5-13-27-17-6-2-1-3-7-17/h1-4,6-9,16H,5,10-15H2. The Morgan fingerprint density at radius 3 is 2.74 bits per heavy atom. The second kappa shape index (κ2) is 8.22. The predicted molar refractivity (Wildman–Crippen MR) is 103 cm³/mol. The fourth-order valence-corrected chi connectivity index (χ4v) is 3.34. The Morgan fingerprint density at radius 1 is 1.11 bits per heavy atom. The number of carbonyl (C=O) groups excluding carboxylic acids is 1. The zero-order valence-electron chi connectivity index (χ0n) is 15.2. The fraction of sp³-hybridized carbons (Fsp3) is 0.333. The van der Waals surface area contributed by atoms with Crippen LogP contribution in [0.5, 0.6) is 5.75 Å². The van der Waals surface area contributed by atoms with Crippen LogP contribution in [0.2, 0.25) is 0 Å². The van der Waals surface area contributed by atoms with Gasteiger partial charge in [0, 0.05) is 32.0 Å². The molecular formula is C21H23N3O3. The van der Waals surface area contributed by atoms with Crippen LogP contribution in [0.15, 0.2) is 54.9 Å². The van der Waals surface area contributed by atoms with E-state index >= 15 is 0 Å². The van der Waals surface area contributed by atoms with Crippen molar-refractivity contribution in [3.8, 4) is 5.75 Å². The van der Waals surface area contributed by atoms with Gasteiger partial charge < -0.3 is 18.9 Å². The van der Waals surface area contributed by atoms with Crippen LogP contribution in [0.25, 0.3) is 11.0 Å². The number of pyridine rings is 1. The van der Waals surface area contributed by atoms with E-state index in [0.717, 1.165) is 29.7 Å². The topological polar surface area (TPSA) is 56.6 Å². The van der Waals surface area contributed by atoms with Crippen molar-refractivity contribution in [3.05, 3.63) is 60.4 Å². The molecule has 0 aliphatic carbocycles. The first-order chi connectivity index (χ1) is 13.3. The third kappa shape index (κ3) is 3.95. The lowest BCUT2D eigenvalue weighted by molar-refractivity contribution is 0.0304. The van der Waals surface area contributed by atoms with Gasteiger partial charge in [-0.2, -0.15) is 0 Å². The average Bonchev–Trinajstić information content (AvgIpc) is 3.11. The normalized spacial score (nSPS) is 14.4. The predicted octanol–water partition coefficient (Wildman–Crippen LogP) is 2.98. The molecular weight excluding hydrogens is 342 g/mol. The average molecular weight is 365 g/mol. The quantitative estimate of drug-likeness (QED) is 0.630. The van der Waals surface area contributed by atoms with Gasteiger partial charge in [0.15, 0.2) is 0 Å². The van der Waals surface area contributed by atoms with Crippen LogP contribution >= 0.6 is 0 Å². The highest BCUT2D eigenvalue weighted by atomic mass is 16.5. The van der Waals surface area contributed by atoms with Gasteiger partial charge in [-0.05, 0) is 30.7 Å². The Kier molecular flexibility index (Phi) is 5.34. The van der Waals surface area contributed by atoms with E-state index in [-0.39, 0.29) is 5.91 Å². The van der Waals surface area contributed by atoms with Crippen LogP contribution in [0.3, 0.4) is 0 Å². The SMILES string of the molecule is O=C(c1cn(CCCOc2ccccc2)c2cccnc12)N1CCOCC1. The summed E-state index contributed by atoms with van der Waals surface area (Å²) in [5.74, 6) is 0.904. The molecule has 1 aromatic carbocycles. The fourth-order valence-electron chi connectivity index (χ4n) is 3.34. The molecule has 0 saturated carbocycles. The number of fused-ring (bicyclic) bond motifs is 1. The van der Waals surface area contributed by atoms with Gasteiger partial charge in [-0.3, -0.25) is 9.78 Å². The summed E-state index contributed by atoms with van der Waals surface area (Å²) in [6, 6.07) is 13.7. The van der Waals surface area contributed by atoms with Gasteiger partial charge in [-0.1, -0.05) is 18.2 Å². The van der Waals surface area contributed by atoms with E-state index < -0.39 is 0 Å². The minimum absolute atomic E-state index is 0.0290. The van der Waals surface area contributed by atoms with E-state index in [1.165, 1.54) is 0 Å². The molecule has 6 heteroatoms. The van der Waals surface area contributed by atoms with E-state index in [4.69, 9.17) is 9.47 Å². The van der Waals surface area contributed by atoms with Crippen LogP contribution in [0.1, 0.15) is 16.8 Å². The minimum atomic E-state index is 0.0290. The van der Waals surface area contributed by atoms with Crippen LogP contribution in [-0.2, 0) is 11.3 Å². The molecule has 6 nitrogen and oxygen atoms in total. The maximum atomic E-state index is 12.9. The molecule has 1 aliphatic heterocycles. The number of hydrogen-bond donors (Lipinski definition) is 0. The second-order valence-electron chi connectivity index (χ2n) is 6.53. The molecule has 0 unspecified atom stereocenters. The highest BCUT2D eigenvalue weighted by Crippen LogP contribution is 2.21. The molecule has 0 bridgehead atoms. The molecule has 27 heavy (non-hydrogen) atoms. The van der Waals surface area contributed by atoms with Gasteiger partial charge in [0.05, 0.1) is 30.9 Å². The summed E-state index contributed by atoms with van der Waals surface area (Å²) in [5.41, 5.74) is 2.41. The maximum Gasteiger partial charge on any atom is 0.257 e. The monoisotopic (exact) mass is 365 g/mol. The van der Waals surface area contributed by atoms with Crippen molar-refractivity contribution in [2.45, 2.75) is 13.0 Å². The Morgan fingerprint density at radius 2 is 1.93 bits per heavy atom. The smallest absolute Gasteiger partial charge is 0.257 e. The van der Waals surface area contributed by atoms with E-state index in [0.29, 0.717) is 38.5 Å². The largest absolute Gasteiger partial charge is 0.494 e. The van der Waals surface area contributed by atoms with Gasteiger partial charge in [-0.15, -0.1) is 0 Å². The molecule has 1 amide bonds. The molecule has 1 fully saturated rings. The summed E-state index contributed by atoms with van der Waals surface area (Å²) >= 11 is 0. The number of benzene rings is 1. The number of ether oxygens (including phenoxy) is 2. The summed E-state index contributed by atoms with van der Waals surface area (Å²) in [6.07, 6.45) is 4.51.